The minimum Gasteiger partial charge on any atom is -0.497 e. The molecule has 0 radical (unpaired) electrons. The molecule has 0 heterocycles. The molecule has 3 nitrogen and oxygen atoms in total. The fraction of sp³-hybridized carbons (Fsp3) is 0.538. The lowest BCUT2D eigenvalue weighted by molar-refractivity contribution is 0.394. The third-order valence-corrected chi connectivity index (χ3v) is 3.96. The second-order valence-corrected chi connectivity index (χ2v) is 5.06. The summed E-state index contributed by atoms with van der Waals surface area (Å²) in [5.74, 6) is 1.78. The molecule has 0 aliphatic rings. The Labute approximate surface area is 108 Å². The maximum atomic E-state index is 5.37. The van der Waals surface area contributed by atoms with Crippen LogP contribution in [0.2, 0.25) is 0 Å². The van der Waals surface area contributed by atoms with Crippen molar-refractivity contribution in [2.75, 3.05) is 27.8 Å². The Bertz CT molecular complexity index is 344. The van der Waals surface area contributed by atoms with Crippen LogP contribution < -0.4 is 14.8 Å². The third kappa shape index (κ3) is 4.13. The first kappa shape index (κ1) is 14.2. The van der Waals surface area contributed by atoms with Gasteiger partial charge in [0.05, 0.1) is 19.1 Å². The van der Waals surface area contributed by atoms with Crippen LogP contribution in [0, 0.1) is 0 Å². The molecule has 0 aliphatic heterocycles. The maximum Gasteiger partial charge on any atom is 0.132 e. The van der Waals surface area contributed by atoms with Crippen molar-refractivity contribution in [1.29, 1.82) is 0 Å². The highest BCUT2D eigenvalue weighted by atomic mass is 32.2. The highest BCUT2D eigenvalue weighted by Crippen LogP contribution is 2.35. The van der Waals surface area contributed by atoms with Gasteiger partial charge in [0.1, 0.15) is 11.5 Å². The molecule has 0 amide bonds. The van der Waals surface area contributed by atoms with Crippen LogP contribution in [0.15, 0.2) is 23.1 Å². The summed E-state index contributed by atoms with van der Waals surface area (Å²) in [6, 6.07) is 5.90. The number of nitrogens with one attached hydrogen (secondary N) is 1. The van der Waals surface area contributed by atoms with Crippen LogP contribution in [0.3, 0.4) is 0 Å². The van der Waals surface area contributed by atoms with Gasteiger partial charge >= 0.3 is 0 Å². The van der Waals surface area contributed by atoms with Crippen molar-refractivity contribution in [3.05, 3.63) is 18.2 Å². The van der Waals surface area contributed by atoms with Crippen LogP contribution in [0.1, 0.15) is 13.3 Å². The molecule has 1 unspecified atom stereocenters. The molecule has 0 saturated heterocycles. The van der Waals surface area contributed by atoms with Gasteiger partial charge in [0.2, 0.25) is 0 Å². The molecule has 17 heavy (non-hydrogen) atoms. The second-order valence-electron chi connectivity index (χ2n) is 3.72. The Morgan fingerprint density at radius 2 is 2.06 bits per heavy atom. The zero-order chi connectivity index (χ0) is 12.7. The molecule has 1 atom stereocenters. The van der Waals surface area contributed by atoms with Gasteiger partial charge in [0.25, 0.3) is 0 Å². The summed E-state index contributed by atoms with van der Waals surface area (Å²) >= 11 is 1.83. The monoisotopic (exact) mass is 255 g/mol. The topological polar surface area (TPSA) is 30.5 Å². The Balaban J connectivity index is 2.85. The van der Waals surface area contributed by atoms with E-state index in [9.17, 15) is 0 Å². The van der Waals surface area contributed by atoms with Crippen LogP contribution in [0.4, 0.5) is 0 Å². The zero-order valence-corrected chi connectivity index (χ0v) is 11.8. The Hall–Kier alpha value is -0.870. The molecule has 1 N–H and O–H groups in total. The average molecular weight is 255 g/mol. The number of ether oxygens (including phenoxy) is 2. The number of hydrogen-bond acceptors (Lipinski definition) is 4. The van der Waals surface area contributed by atoms with Gasteiger partial charge in [-0.05, 0) is 31.7 Å². The van der Waals surface area contributed by atoms with Gasteiger partial charge in [-0.1, -0.05) is 6.92 Å². The quantitative estimate of drug-likeness (QED) is 0.759. The van der Waals surface area contributed by atoms with Crippen LogP contribution in [0.5, 0.6) is 11.5 Å². The van der Waals surface area contributed by atoms with Gasteiger partial charge in [-0.25, -0.2) is 0 Å². The summed E-state index contributed by atoms with van der Waals surface area (Å²) in [4.78, 5) is 1.13. The van der Waals surface area contributed by atoms with E-state index in [-0.39, 0.29) is 0 Å². The van der Waals surface area contributed by atoms with Crippen molar-refractivity contribution >= 4 is 11.8 Å². The Morgan fingerprint density at radius 1 is 1.29 bits per heavy atom. The van der Waals surface area contributed by atoms with Gasteiger partial charge in [0.15, 0.2) is 0 Å². The van der Waals surface area contributed by atoms with Crippen LogP contribution in [-0.4, -0.2) is 33.1 Å². The van der Waals surface area contributed by atoms with E-state index in [0.29, 0.717) is 5.25 Å². The summed E-state index contributed by atoms with van der Waals surface area (Å²) in [6.07, 6.45) is 1.12. The van der Waals surface area contributed by atoms with E-state index in [2.05, 4.69) is 12.2 Å². The largest absolute Gasteiger partial charge is 0.497 e. The number of benzene rings is 1. The van der Waals surface area contributed by atoms with Crippen molar-refractivity contribution in [1.82, 2.24) is 5.32 Å². The summed E-state index contributed by atoms with van der Waals surface area (Å²) in [7, 11) is 5.36. The molecular weight excluding hydrogens is 234 g/mol. The number of rotatable bonds is 7. The predicted molar refractivity (Wildman–Crippen MR) is 73.4 cm³/mol. The summed E-state index contributed by atoms with van der Waals surface area (Å²) in [5, 5.41) is 3.75. The molecule has 1 aromatic carbocycles. The standard InChI is InChI=1S/C13H21NO2S/c1-5-11(9-14-2)17-13-8-10(15-3)6-7-12(13)16-4/h6-8,11,14H,5,9H2,1-4H3. The van der Waals surface area contributed by atoms with Crippen LogP contribution in [0.25, 0.3) is 0 Å². The van der Waals surface area contributed by atoms with Crippen molar-refractivity contribution < 1.29 is 9.47 Å². The van der Waals surface area contributed by atoms with E-state index in [1.807, 2.05) is 37.0 Å². The third-order valence-electron chi connectivity index (χ3n) is 2.55. The van der Waals surface area contributed by atoms with Crippen molar-refractivity contribution in [2.24, 2.45) is 0 Å². The van der Waals surface area contributed by atoms with E-state index in [4.69, 9.17) is 9.47 Å². The lowest BCUT2D eigenvalue weighted by Gasteiger charge is -2.16. The molecular formula is C13H21NO2S. The Morgan fingerprint density at radius 3 is 2.59 bits per heavy atom. The number of methoxy groups -OCH3 is 2. The summed E-state index contributed by atoms with van der Waals surface area (Å²) in [6.45, 7) is 3.18. The number of hydrogen-bond donors (Lipinski definition) is 1. The van der Waals surface area contributed by atoms with Crippen molar-refractivity contribution in [3.63, 3.8) is 0 Å². The van der Waals surface area contributed by atoms with Gasteiger partial charge in [0, 0.05) is 11.8 Å². The van der Waals surface area contributed by atoms with Gasteiger partial charge < -0.3 is 14.8 Å². The summed E-state index contributed by atoms with van der Waals surface area (Å²) < 4.78 is 10.6. The predicted octanol–water partition coefficient (Wildman–Crippen LogP) is 2.79. The lowest BCUT2D eigenvalue weighted by Crippen LogP contribution is -2.20. The van der Waals surface area contributed by atoms with Crippen molar-refractivity contribution in [2.45, 2.75) is 23.5 Å². The highest BCUT2D eigenvalue weighted by molar-refractivity contribution is 8.00. The van der Waals surface area contributed by atoms with Crippen molar-refractivity contribution in [3.8, 4) is 11.5 Å². The van der Waals surface area contributed by atoms with E-state index in [1.54, 1.807) is 14.2 Å². The summed E-state index contributed by atoms with van der Waals surface area (Å²) in [5.41, 5.74) is 0. The molecule has 0 spiro atoms. The van der Waals surface area contributed by atoms with E-state index < -0.39 is 0 Å². The average Bonchev–Trinajstić information content (AvgIpc) is 2.38. The fourth-order valence-corrected chi connectivity index (χ4v) is 2.78. The lowest BCUT2D eigenvalue weighted by atomic mass is 10.3. The molecule has 96 valence electrons. The molecule has 1 aromatic rings. The minimum absolute atomic E-state index is 0.543. The zero-order valence-electron chi connectivity index (χ0n) is 10.9. The van der Waals surface area contributed by atoms with Gasteiger partial charge in [-0.3, -0.25) is 0 Å². The van der Waals surface area contributed by atoms with Gasteiger partial charge in [-0.2, -0.15) is 0 Å². The van der Waals surface area contributed by atoms with E-state index in [1.165, 1.54) is 0 Å². The molecule has 0 fully saturated rings. The smallest absolute Gasteiger partial charge is 0.132 e. The molecule has 4 heteroatoms. The van der Waals surface area contributed by atoms with Crippen LogP contribution in [-0.2, 0) is 0 Å². The molecule has 1 rings (SSSR count). The highest BCUT2D eigenvalue weighted by Gasteiger charge is 2.12. The first-order valence-electron chi connectivity index (χ1n) is 5.78. The molecule has 0 saturated carbocycles. The minimum atomic E-state index is 0.543. The molecule has 0 aromatic heterocycles. The molecule has 0 aliphatic carbocycles. The van der Waals surface area contributed by atoms with E-state index >= 15 is 0 Å². The SMILES string of the molecule is CCC(CNC)Sc1cc(OC)ccc1OC. The fourth-order valence-electron chi connectivity index (χ4n) is 1.55. The van der Waals surface area contributed by atoms with E-state index in [0.717, 1.165) is 29.4 Å². The van der Waals surface area contributed by atoms with Crippen LogP contribution >= 0.6 is 11.8 Å². The number of thioether (sulfide) groups is 1. The molecule has 0 bridgehead atoms. The first-order valence-corrected chi connectivity index (χ1v) is 6.66. The normalized spacial score (nSPS) is 12.2. The second kappa shape index (κ2) is 7.45. The maximum absolute atomic E-state index is 5.37. The Kier molecular flexibility index (Phi) is 6.22. The first-order chi connectivity index (χ1) is 8.24. The van der Waals surface area contributed by atoms with Gasteiger partial charge in [-0.15, -0.1) is 11.8 Å².